The fourth-order valence-electron chi connectivity index (χ4n) is 1.65. The van der Waals surface area contributed by atoms with E-state index in [1.807, 2.05) is 18.2 Å². The van der Waals surface area contributed by atoms with E-state index in [2.05, 4.69) is 34.8 Å². The van der Waals surface area contributed by atoms with E-state index in [9.17, 15) is 0 Å². The summed E-state index contributed by atoms with van der Waals surface area (Å²) in [5.74, 6) is 0. The summed E-state index contributed by atoms with van der Waals surface area (Å²) in [5.41, 5.74) is 0.902. The minimum absolute atomic E-state index is 0.0241. The molecule has 0 bridgehead atoms. The van der Waals surface area contributed by atoms with Crippen molar-refractivity contribution in [1.29, 1.82) is 5.41 Å². The number of allylic oxidation sites excluding steroid dienone is 3. The highest BCUT2D eigenvalue weighted by Gasteiger charge is 2.04. The molecule has 0 saturated carbocycles. The highest BCUT2D eigenvalue weighted by Crippen LogP contribution is 2.29. The molecule has 0 saturated heterocycles. The summed E-state index contributed by atoms with van der Waals surface area (Å²) >= 11 is 7.42. The average molecular weight is 302 g/mol. The molecular formula is C15H12ClN3S. The molecule has 0 radical (unpaired) electrons. The molecule has 5 heteroatoms. The number of rotatable bonds is 4. The Morgan fingerprint density at radius 1 is 1.35 bits per heavy atom. The largest absolute Gasteiger partial charge is 0.289 e. The quantitative estimate of drug-likeness (QED) is 0.367. The summed E-state index contributed by atoms with van der Waals surface area (Å²) < 4.78 is 1.21. The van der Waals surface area contributed by atoms with Crippen LogP contribution in [0.15, 0.2) is 59.0 Å². The van der Waals surface area contributed by atoms with Gasteiger partial charge in [0.25, 0.3) is 0 Å². The number of thiophene rings is 1. The van der Waals surface area contributed by atoms with Gasteiger partial charge in [0.05, 0.1) is 0 Å². The monoisotopic (exact) mass is 301 g/mol. The van der Waals surface area contributed by atoms with Gasteiger partial charge in [0.15, 0.2) is 0 Å². The maximum atomic E-state index is 6.84. The molecule has 0 amide bonds. The first-order valence-electron chi connectivity index (χ1n) is 5.82. The third kappa shape index (κ3) is 3.50. The number of nitrogens with one attached hydrogen (secondary N) is 1. The van der Waals surface area contributed by atoms with E-state index in [0.717, 1.165) is 16.8 Å². The van der Waals surface area contributed by atoms with E-state index < -0.39 is 0 Å². The molecule has 1 aromatic carbocycles. The van der Waals surface area contributed by atoms with Gasteiger partial charge in [0, 0.05) is 21.4 Å². The van der Waals surface area contributed by atoms with Crippen molar-refractivity contribution in [2.75, 3.05) is 0 Å². The van der Waals surface area contributed by atoms with Gasteiger partial charge in [-0.15, -0.1) is 11.3 Å². The van der Waals surface area contributed by atoms with Gasteiger partial charge >= 0.3 is 0 Å². The smallest absolute Gasteiger partial charge is 0.223 e. The van der Waals surface area contributed by atoms with E-state index in [1.165, 1.54) is 10.1 Å². The minimum Gasteiger partial charge on any atom is -0.289 e. The lowest BCUT2D eigenvalue weighted by atomic mass is 10.2. The third-order valence-electron chi connectivity index (χ3n) is 2.49. The molecule has 2 rings (SSSR count). The molecular weight excluding hydrogens is 290 g/mol. The highest BCUT2D eigenvalue weighted by molar-refractivity contribution is 7.20. The molecule has 0 aliphatic heterocycles. The van der Waals surface area contributed by atoms with Gasteiger partial charge in [-0.25, -0.2) is 9.98 Å². The van der Waals surface area contributed by atoms with Crippen LogP contribution in [0.3, 0.4) is 0 Å². The van der Waals surface area contributed by atoms with Crippen LogP contribution in [-0.4, -0.2) is 17.8 Å². The fourth-order valence-corrected chi connectivity index (χ4v) is 2.80. The number of halogens is 1. The molecule has 2 aromatic rings. The van der Waals surface area contributed by atoms with Crippen LogP contribution >= 0.6 is 22.9 Å². The number of hydrogen-bond acceptors (Lipinski definition) is 2. The van der Waals surface area contributed by atoms with Crippen LogP contribution in [0.5, 0.6) is 0 Å². The molecule has 0 fully saturated rings. The molecule has 1 heterocycles. The lowest BCUT2D eigenvalue weighted by Crippen LogP contribution is -1.86. The number of nitrogens with zero attached hydrogens (tertiary/aromatic N) is 2. The second-order valence-electron chi connectivity index (χ2n) is 3.79. The molecule has 1 aromatic heterocycles. The Morgan fingerprint density at radius 2 is 2.15 bits per heavy atom. The Morgan fingerprint density at radius 3 is 2.85 bits per heavy atom. The Bertz CT molecular complexity index is 693. The molecule has 0 spiro atoms. The Labute approximate surface area is 126 Å². The predicted octanol–water partition coefficient (Wildman–Crippen LogP) is 4.74. The number of fused-ring (bicyclic) bond motifs is 1. The summed E-state index contributed by atoms with van der Waals surface area (Å²) in [6.07, 6.45) is 6.05. The summed E-state index contributed by atoms with van der Waals surface area (Å²) in [7, 11) is 0. The maximum Gasteiger partial charge on any atom is 0.223 e. The average Bonchev–Trinajstić information content (AvgIpc) is 2.87. The van der Waals surface area contributed by atoms with E-state index >= 15 is 0 Å². The summed E-state index contributed by atoms with van der Waals surface area (Å²) in [5, 5.41) is 8.05. The Hall–Kier alpha value is -2.04. The van der Waals surface area contributed by atoms with Crippen molar-refractivity contribution in [2.24, 2.45) is 9.98 Å². The van der Waals surface area contributed by atoms with Crippen molar-refractivity contribution in [3.8, 4) is 0 Å². The normalized spacial score (nSPS) is 13.1. The zero-order valence-corrected chi connectivity index (χ0v) is 12.2. The number of amidine groups is 1. The van der Waals surface area contributed by atoms with E-state index in [1.54, 1.807) is 23.6 Å². The van der Waals surface area contributed by atoms with Crippen molar-refractivity contribution >= 4 is 56.4 Å². The van der Waals surface area contributed by atoms with E-state index in [-0.39, 0.29) is 5.29 Å². The molecule has 0 unspecified atom stereocenters. The van der Waals surface area contributed by atoms with Gasteiger partial charge in [-0.3, -0.25) is 5.41 Å². The standard InChI is InChI=1S/C15H12ClN3S/c1-2-5-12(9-18-15(16)19-10-17)14-8-11-6-3-4-7-13(11)20-14/h2-10,17H,1H2/b12-5-,17-10?,18-9+,19-15-. The first-order chi connectivity index (χ1) is 9.74. The Kier molecular flexibility index (Phi) is 4.98. The van der Waals surface area contributed by atoms with Crippen molar-refractivity contribution in [1.82, 2.24) is 0 Å². The van der Waals surface area contributed by atoms with Gasteiger partial charge in [-0.05, 0) is 29.1 Å². The molecule has 100 valence electrons. The van der Waals surface area contributed by atoms with Crippen LogP contribution in [0.1, 0.15) is 4.88 Å². The van der Waals surface area contributed by atoms with Crippen molar-refractivity contribution in [3.63, 3.8) is 0 Å². The predicted molar refractivity (Wildman–Crippen MR) is 90.6 cm³/mol. The second-order valence-corrected chi connectivity index (χ2v) is 5.21. The van der Waals surface area contributed by atoms with Crippen LogP contribution in [0.25, 0.3) is 15.7 Å². The first kappa shape index (κ1) is 14.4. The molecule has 0 aliphatic carbocycles. The van der Waals surface area contributed by atoms with E-state index in [0.29, 0.717) is 0 Å². The van der Waals surface area contributed by atoms with Crippen molar-refractivity contribution in [2.45, 2.75) is 0 Å². The second kappa shape index (κ2) is 6.93. The van der Waals surface area contributed by atoms with Crippen LogP contribution in [0.4, 0.5) is 0 Å². The maximum absolute atomic E-state index is 6.84. The number of benzene rings is 1. The van der Waals surface area contributed by atoms with Crippen molar-refractivity contribution in [3.05, 3.63) is 53.9 Å². The van der Waals surface area contributed by atoms with Gasteiger partial charge in [-0.1, -0.05) is 36.9 Å². The Balaban J connectivity index is 2.38. The van der Waals surface area contributed by atoms with Crippen LogP contribution in [0.2, 0.25) is 0 Å². The highest BCUT2D eigenvalue weighted by atomic mass is 35.5. The zero-order valence-electron chi connectivity index (χ0n) is 10.6. The van der Waals surface area contributed by atoms with Gasteiger partial charge in [0.2, 0.25) is 5.29 Å². The van der Waals surface area contributed by atoms with Gasteiger partial charge in [-0.2, -0.15) is 0 Å². The molecule has 0 aliphatic rings. The molecule has 20 heavy (non-hydrogen) atoms. The lowest BCUT2D eigenvalue weighted by Gasteiger charge is -1.95. The van der Waals surface area contributed by atoms with Gasteiger partial charge < -0.3 is 0 Å². The van der Waals surface area contributed by atoms with E-state index in [4.69, 9.17) is 17.0 Å². The summed E-state index contributed by atoms with van der Waals surface area (Å²) in [6.45, 7) is 3.71. The van der Waals surface area contributed by atoms with Gasteiger partial charge in [0.1, 0.15) is 6.34 Å². The number of aliphatic imine (C=N–C) groups is 2. The molecule has 3 nitrogen and oxygen atoms in total. The fraction of sp³-hybridized carbons (Fsp3) is 0. The SMILES string of the molecule is C=C/C=C(/C=N/C(Cl)=N\C=N)c1cc2ccccc2s1. The topological polar surface area (TPSA) is 48.6 Å². The van der Waals surface area contributed by atoms with Crippen LogP contribution < -0.4 is 0 Å². The minimum atomic E-state index is 0.0241. The van der Waals surface area contributed by atoms with Crippen LogP contribution in [0, 0.1) is 5.41 Å². The third-order valence-corrected chi connectivity index (χ3v) is 3.85. The zero-order chi connectivity index (χ0) is 14.4. The van der Waals surface area contributed by atoms with Crippen LogP contribution in [-0.2, 0) is 0 Å². The summed E-state index contributed by atoms with van der Waals surface area (Å²) in [4.78, 5) is 8.66. The first-order valence-corrected chi connectivity index (χ1v) is 7.02. The number of hydrogen-bond donors (Lipinski definition) is 1. The summed E-state index contributed by atoms with van der Waals surface area (Å²) in [6, 6.07) is 10.3. The molecule has 1 N–H and O–H groups in total. The lowest BCUT2D eigenvalue weighted by molar-refractivity contribution is 1.51. The van der Waals surface area contributed by atoms with Crippen molar-refractivity contribution < 1.29 is 0 Å². The molecule has 0 atom stereocenters.